The summed E-state index contributed by atoms with van der Waals surface area (Å²) in [7, 11) is 1.68. The number of nitro benzene ring substituents is 1. The summed E-state index contributed by atoms with van der Waals surface area (Å²) in [4.78, 5) is 24.9. The molecular formula is C18H20ClN3O3. The summed E-state index contributed by atoms with van der Waals surface area (Å²) in [5, 5.41) is 14.4. The zero-order chi connectivity index (χ0) is 17.1. The standard InChI is InChI=1S/C18H19N3O3.ClH/c1-20(12-15-8-4-5-9-17(15)21(23)24)18(22)16-10-13-6-2-3-7-14(13)11-19-16;/h2-9,16,19H,10-12H2,1H3;1H. The third-order valence-electron chi connectivity index (χ3n) is 4.35. The van der Waals surface area contributed by atoms with E-state index in [4.69, 9.17) is 0 Å². The van der Waals surface area contributed by atoms with Crippen LogP contribution in [0.5, 0.6) is 0 Å². The van der Waals surface area contributed by atoms with E-state index in [0.717, 1.165) is 0 Å². The molecule has 0 radical (unpaired) electrons. The minimum atomic E-state index is -0.414. The third-order valence-corrected chi connectivity index (χ3v) is 4.35. The normalized spacial score (nSPS) is 15.6. The van der Waals surface area contributed by atoms with Gasteiger partial charge in [0.25, 0.3) is 5.69 Å². The minimum Gasteiger partial charge on any atom is -0.340 e. The van der Waals surface area contributed by atoms with Crippen molar-refractivity contribution >= 4 is 24.0 Å². The highest BCUT2D eigenvalue weighted by atomic mass is 35.5. The minimum absolute atomic E-state index is 0. The van der Waals surface area contributed by atoms with Gasteiger partial charge < -0.3 is 10.2 Å². The second kappa shape index (κ2) is 8.09. The average molecular weight is 362 g/mol. The van der Waals surface area contributed by atoms with E-state index in [1.54, 1.807) is 30.1 Å². The number of fused-ring (bicyclic) bond motifs is 1. The Hall–Kier alpha value is -2.44. The number of likely N-dealkylation sites (N-methyl/N-ethyl adjacent to an activating group) is 1. The van der Waals surface area contributed by atoms with Crippen molar-refractivity contribution in [3.05, 3.63) is 75.3 Å². The van der Waals surface area contributed by atoms with Gasteiger partial charge >= 0.3 is 0 Å². The van der Waals surface area contributed by atoms with Crippen molar-refractivity contribution in [2.45, 2.75) is 25.6 Å². The van der Waals surface area contributed by atoms with E-state index < -0.39 is 4.92 Å². The molecule has 1 aliphatic rings. The third kappa shape index (κ3) is 4.15. The van der Waals surface area contributed by atoms with Crippen LogP contribution in [-0.2, 0) is 24.3 Å². The monoisotopic (exact) mass is 361 g/mol. The van der Waals surface area contributed by atoms with Crippen molar-refractivity contribution in [1.29, 1.82) is 0 Å². The van der Waals surface area contributed by atoms with Gasteiger partial charge in [0.15, 0.2) is 0 Å². The van der Waals surface area contributed by atoms with Gasteiger partial charge in [-0.2, -0.15) is 0 Å². The summed E-state index contributed by atoms with van der Waals surface area (Å²) >= 11 is 0. The lowest BCUT2D eigenvalue weighted by Crippen LogP contribution is -2.48. The molecule has 0 fully saturated rings. The van der Waals surface area contributed by atoms with Crippen molar-refractivity contribution in [2.24, 2.45) is 0 Å². The van der Waals surface area contributed by atoms with Gasteiger partial charge in [0.1, 0.15) is 0 Å². The Morgan fingerprint density at radius 1 is 1.20 bits per heavy atom. The Morgan fingerprint density at radius 3 is 2.56 bits per heavy atom. The zero-order valence-corrected chi connectivity index (χ0v) is 14.7. The van der Waals surface area contributed by atoms with Crippen molar-refractivity contribution in [3.8, 4) is 0 Å². The van der Waals surface area contributed by atoms with E-state index in [1.165, 1.54) is 17.2 Å². The number of halogens is 1. The second-order valence-corrected chi connectivity index (χ2v) is 5.99. The van der Waals surface area contributed by atoms with E-state index >= 15 is 0 Å². The van der Waals surface area contributed by atoms with Gasteiger partial charge in [0.05, 0.1) is 17.5 Å². The molecule has 0 bridgehead atoms. The fourth-order valence-electron chi connectivity index (χ4n) is 3.05. The Bertz CT molecular complexity index is 782. The van der Waals surface area contributed by atoms with Crippen LogP contribution in [0.25, 0.3) is 0 Å². The lowest BCUT2D eigenvalue weighted by molar-refractivity contribution is -0.385. The highest BCUT2D eigenvalue weighted by Crippen LogP contribution is 2.21. The first kappa shape index (κ1) is 18.9. The predicted molar refractivity (Wildman–Crippen MR) is 97.6 cm³/mol. The molecule has 6 nitrogen and oxygen atoms in total. The molecule has 2 aromatic carbocycles. The lowest BCUT2D eigenvalue weighted by Gasteiger charge is -2.29. The maximum Gasteiger partial charge on any atom is 0.274 e. The molecule has 0 aliphatic carbocycles. The molecular weight excluding hydrogens is 342 g/mol. The van der Waals surface area contributed by atoms with Crippen LogP contribution in [0.15, 0.2) is 48.5 Å². The van der Waals surface area contributed by atoms with Crippen LogP contribution >= 0.6 is 12.4 Å². The lowest BCUT2D eigenvalue weighted by atomic mass is 9.95. The highest BCUT2D eigenvalue weighted by molar-refractivity contribution is 5.85. The summed E-state index contributed by atoms with van der Waals surface area (Å²) in [6, 6.07) is 14.3. The van der Waals surface area contributed by atoms with Crippen LogP contribution < -0.4 is 5.32 Å². The van der Waals surface area contributed by atoms with Crippen LogP contribution in [0, 0.1) is 10.1 Å². The molecule has 1 aliphatic heterocycles. The maximum atomic E-state index is 12.7. The van der Waals surface area contributed by atoms with Gasteiger partial charge in [-0.1, -0.05) is 42.5 Å². The first-order valence-electron chi connectivity index (χ1n) is 7.83. The molecule has 1 heterocycles. The van der Waals surface area contributed by atoms with E-state index in [9.17, 15) is 14.9 Å². The molecule has 1 atom stereocenters. The van der Waals surface area contributed by atoms with E-state index in [0.29, 0.717) is 18.5 Å². The molecule has 3 rings (SSSR count). The fourth-order valence-corrected chi connectivity index (χ4v) is 3.05. The number of benzene rings is 2. The maximum absolute atomic E-state index is 12.7. The zero-order valence-electron chi connectivity index (χ0n) is 13.8. The van der Waals surface area contributed by atoms with Gasteiger partial charge in [-0.15, -0.1) is 12.4 Å². The first-order valence-corrected chi connectivity index (χ1v) is 7.83. The number of rotatable bonds is 4. The topological polar surface area (TPSA) is 75.5 Å². The Morgan fingerprint density at radius 2 is 1.84 bits per heavy atom. The predicted octanol–water partition coefficient (Wildman–Crippen LogP) is 2.69. The van der Waals surface area contributed by atoms with Crippen LogP contribution in [0.1, 0.15) is 16.7 Å². The van der Waals surface area contributed by atoms with Crippen LogP contribution in [-0.4, -0.2) is 28.8 Å². The van der Waals surface area contributed by atoms with Crippen molar-refractivity contribution in [3.63, 3.8) is 0 Å². The molecule has 2 aromatic rings. The van der Waals surface area contributed by atoms with Crippen molar-refractivity contribution < 1.29 is 9.72 Å². The molecule has 1 unspecified atom stereocenters. The first-order chi connectivity index (χ1) is 11.6. The Balaban J connectivity index is 0.00000225. The number of amides is 1. The van der Waals surface area contributed by atoms with Gasteiger partial charge in [0.2, 0.25) is 5.91 Å². The average Bonchev–Trinajstić information content (AvgIpc) is 2.61. The van der Waals surface area contributed by atoms with Gasteiger partial charge in [0, 0.05) is 25.2 Å². The number of carbonyl (C=O) groups is 1. The van der Waals surface area contributed by atoms with Gasteiger partial charge in [-0.05, 0) is 17.5 Å². The Kier molecular flexibility index (Phi) is 6.12. The highest BCUT2D eigenvalue weighted by Gasteiger charge is 2.27. The molecule has 0 saturated carbocycles. The number of para-hydroxylation sites is 1. The van der Waals surface area contributed by atoms with Crippen molar-refractivity contribution in [1.82, 2.24) is 10.2 Å². The molecule has 7 heteroatoms. The summed E-state index contributed by atoms with van der Waals surface area (Å²) in [5.41, 5.74) is 2.96. The van der Waals surface area contributed by atoms with Gasteiger partial charge in [-0.25, -0.2) is 0 Å². The number of nitro groups is 1. The number of carbonyl (C=O) groups excluding carboxylic acids is 1. The van der Waals surface area contributed by atoms with E-state index in [1.807, 2.05) is 18.2 Å². The molecule has 1 N–H and O–H groups in total. The van der Waals surface area contributed by atoms with Gasteiger partial charge in [-0.3, -0.25) is 14.9 Å². The number of hydrogen-bond donors (Lipinski definition) is 1. The van der Waals surface area contributed by atoms with Crippen molar-refractivity contribution in [2.75, 3.05) is 7.05 Å². The number of hydrogen-bond acceptors (Lipinski definition) is 4. The SMILES string of the molecule is CN(Cc1ccccc1[N+](=O)[O-])C(=O)C1Cc2ccccc2CN1.Cl. The largest absolute Gasteiger partial charge is 0.340 e. The second-order valence-electron chi connectivity index (χ2n) is 5.99. The summed E-state index contributed by atoms with van der Waals surface area (Å²) in [6.07, 6.45) is 0.635. The van der Waals surface area contributed by atoms with Crippen LogP contribution in [0.3, 0.4) is 0 Å². The molecule has 0 spiro atoms. The van der Waals surface area contributed by atoms with E-state index in [-0.39, 0.29) is 36.6 Å². The van der Waals surface area contributed by atoms with Crippen LogP contribution in [0.2, 0.25) is 0 Å². The summed E-state index contributed by atoms with van der Waals surface area (Å²) < 4.78 is 0. The van der Waals surface area contributed by atoms with Crippen LogP contribution in [0.4, 0.5) is 5.69 Å². The molecule has 25 heavy (non-hydrogen) atoms. The van der Waals surface area contributed by atoms with E-state index in [2.05, 4.69) is 11.4 Å². The quantitative estimate of drug-likeness (QED) is 0.671. The summed E-state index contributed by atoms with van der Waals surface area (Å²) in [6.45, 7) is 0.877. The Labute approximate surface area is 152 Å². The number of nitrogens with zero attached hydrogens (tertiary/aromatic N) is 2. The smallest absolute Gasteiger partial charge is 0.274 e. The number of nitrogens with one attached hydrogen (secondary N) is 1. The summed E-state index contributed by atoms with van der Waals surface area (Å²) in [5.74, 6) is -0.0531. The molecule has 1 amide bonds. The molecule has 132 valence electrons. The molecule has 0 saturated heterocycles. The molecule has 0 aromatic heterocycles. The fraction of sp³-hybridized carbons (Fsp3) is 0.278.